The molecule has 0 bridgehead atoms. The predicted molar refractivity (Wildman–Crippen MR) is 108 cm³/mol. The van der Waals surface area contributed by atoms with Crippen LogP contribution in [0, 0.1) is 10.8 Å². The average Bonchev–Trinajstić information content (AvgIpc) is 2.51. The number of piperazine rings is 1. The van der Waals surface area contributed by atoms with Crippen LogP contribution < -0.4 is 0 Å². The van der Waals surface area contributed by atoms with Crippen molar-refractivity contribution in [2.45, 2.75) is 59.7 Å². The van der Waals surface area contributed by atoms with Crippen molar-refractivity contribution in [2.75, 3.05) is 6.54 Å². The quantitative estimate of drug-likeness (QED) is 0.620. The van der Waals surface area contributed by atoms with E-state index in [-0.39, 0.29) is 6.54 Å². The molecule has 150 valence electrons. The Labute approximate surface area is 169 Å². The molecule has 6 nitrogen and oxygen atoms in total. The smallest absolute Gasteiger partial charge is 0.407 e. The normalized spacial score (nSPS) is 24.0. The topological polar surface area (TPSA) is 81.1 Å². The number of hydrogen-bond donors (Lipinski definition) is 2. The van der Waals surface area contributed by atoms with E-state index < -0.39 is 41.1 Å². The van der Waals surface area contributed by atoms with Crippen LogP contribution in [-0.2, 0) is 0 Å². The first-order valence-corrected chi connectivity index (χ1v) is 9.80. The molecule has 1 aliphatic heterocycles. The lowest BCUT2D eigenvalue weighted by Crippen LogP contribution is -2.68. The van der Waals surface area contributed by atoms with E-state index in [4.69, 9.17) is 0 Å². The minimum Gasteiger partial charge on any atom is -0.465 e. The summed E-state index contributed by atoms with van der Waals surface area (Å²) in [5.74, 6) is 0. The molecule has 0 radical (unpaired) electrons. The summed E-state index contributed by atoms with van der Waals surface area (Å²) < 4.78 is 0.888. The van der Waals surface area contributed by atoms with Crippen LogP contribution in [0.15, 0.2) is 28.7 Å². The molecule has 0 spiro atoms. The molecule has 0 aliphatic carbocycles. The monoisotopic (exact) mass is 440 g/mol. The summed E-state index contributed by atoms with van der Waals surface area (Å²) in [5, 5.41) is 20.1. The molecule has 0 saturated carbocycles. The third kappa shape index (κ3) is 4.39. The molecule has 2 N–H and O–H groups in total. The summed E-state index contributed by atoms with van der Waals surface area (Å²) in [6, 6.07) is 5.89. The van der Waals surface area contributed by atoms with Gasteiger partial charge in [-0.25, -0.2) is 9.59 Å². The van der Waals surface area contributed by atoms with Crippen molar-refractivity contribution in [3.05, 3.63) is 34.3 Å². The summed E-state index contributed by atoms with van der Waals surface area (Å²) in [7, 11) is 0. The standard InChI is InChI=1S/C20H29BrN2O4/c1-19(2,3)14-11-22(17(24)25)15(12-7-9-13(21)10-8-12)16(20(4,5)6)23(14)18(26)27/h7-10,14-16H,11H2,1-6H3,(H,24,25)(H,26,27)/t14?,15-,16?/m0/s1. The highest BCUT2D eigenvalue weighted by Crippen LogP contribution is 2.45. The van der Waals surface area contributed by atoms with E-state index >= 15 is 0 Å². The van der Waals surface area contributed by atoms with Gasteiger partial charge in [0.1, 0.15) is 0 Å². The third-order valence-electron chi connectivity index (χ3n) is 5.21. The SMILES string of the molecule is CC(C)(C)C1CN(C(=O)O)[C@@H](c2ccc(Br)cc2)C(C(C)(C)C)N1C(=O)O. The maximum atomic E-state index is 12.3. The molecule has 2 rings (SSSR count). The van der Waals surface area contributed by atoms with Crippen molar-refractivity contribution in [3.63, 3.8) is 0 Å². The van der Waals surface area contributed by atoms with Crippen LogP contribution in [0.4, 0.5) is 9.59 Å². The predicted octanol–water partition coefficient (Wildman–Crippen LogP) is 5.29. The van der Waals surface area contributed by atoms with Crippen molar-refractivity contribution in [2.24, 2.45) is 10.8 Å². The number of amides is 2. The van der Waals surface area contributed by atoms with E-state index in [1.807, 2.05) is 65.8 Å². The molecular formula is C20H29BrN2O4. The number of halogens is 1. The van der Waals surface area contributed by atoms with Crippen LogP contribution in [0.5, 0.6) is 0 Å². The van der Waals surface area contributed by atoms with E-state index in [0.29, 0.717) is 0 Å². The second kappa shape index (κ2) is 7.34. The van der Waals surface area contributed by atoms with E-state index in [9.17, 15) is 19.8 Å². The van der Waals surface area contributed by atoms with Gasteiger partial charge in [0.25, 0.3) is 0 Å². The Morgan fingerprint density at radius 3 is 1.85 bits per heavy atom. The van der Waals surface area contributed by atoms with Gasteiger partial charge in [-0.05, 0) is 28.5 Å². The van der Waals surface area contributed by atoms with E-state index in [1.165, 1.54) is 9.80 Å². The molecule has 1 aliphatic rings. The van der Waals surface area contributed by atoms with Gasteiger partial charge in [-0.2, -0.15) is 0 Å². The van der Waals surface area contributed by atoms with Crippen molar-refractivity contribution < 1.29 is 19.8 Å². The highest BCUT2D eigenvalue weighted by Gasteiger charge is 2.53. The molecular weight excluding hydrogens is 412 g/mol. The van der Waals surface area contributed by atoms with Crippen LogP contribution >= 0.6 is 15.9 Å². The molecule has 1 saturated heterocycles. The molecule has 27 heavy (non-hydrogen) atoms. The molecule has 7 heteroatoms. The van der Waals surface area contributed by atoms with Gasteiger partial charge >= 0.3 is 12.2 Å². The van der Waals surface area contributed by atoms with E-state index in [2.05, 4.69) is 15.9 Å². The molecule has 1 aromatic carbocycles. The minimum atomic E-state index is -1.03. The zero-order valence-corrected chi connectivity index (χ0v) is 18.3. The first-order valence-electron chi connectivity index (χ1n) is 9.01. The Hall–Kier alpha value is -1.76. The van der Waals surface area contributed by atoms with Gasteiger partial charge in [-0.3, -0.25) is 9.80 Å². The molecule has 2 unspecified atom stereocenters. The maximum absolute atomic E-state index is 12.3. The first-order chi connectivity index (χ1) is 12.2. The Bertz CT molecular complexity index is 706. The van der Waals surface area contributed by atoms with Gasteiger partial charge in [0.2, 0.25) is 0 Å². The second-order valence-electron chi connectivity index (χ2n) is 9.31. The van der Waals surface area contributed by atoms with E-state index in [0.717, 1.165) is 10.0 Å². The summed E-state index contributed by atoms with van der Waals surface area (Å²) in [5.41, 5.74) is -0.0762. The summed E-state index contributed by atoms with van der Waals surface area (Å²) >= 11 is 3.40. The second-order valence-corrected chi connectivity index (χ2v) is 10.2. The Kier molecular flexibility index (Phi) is 5.85. The molecule has 1 aromatic rings. The van der Waals surface area contributed by atoms with Crippen LogP contribution in [0.25, 0.3) is 0 Å². The summed E-state index contributed by atoms with van der Waals surface area (Å²) in [6.07, 6.45) is -2.04. The fraction of sp³-hybridized carbons (Fsp3) is 0.600. The van der Waals surface area contributed by atoms with Crippen molar-refractivity contribution in [1.29, 1.82) is 0 Å². The zero-order chi connectivity index (χ0) is 20.7. The number of rotatable bonds is 1. The number of carbonyl (C=O) groups is 2. The highest BCUT2D eigenvalue weighted by molar-refractivity contribution is 9.10. The van der Waals surface area contributed by atoms with Crippen LogP contribution in [0.2, 0.25) is 0 Å². The van der Waals surface area contributed by atoms with Gasteiger partial charge in [0.15, 0.2) is 0 Å². The Morgan fingerprint density at radius 2 is 1.48 bits per heavy atom. The lowest BCUT2D eigenvalue weighted by atomic mass is 9.73. The average molecular weight is 441 g/mol. The lowest BCUT2D eigenvalue weighted by Gasteiger charge is -2.57. The third-order valence-corrected chi connectivity index (χ3v) is 5.73. The van der Waals surface area contributed by atoms with Gasteiger partial charge in [0.05, 0.1) is 18.1 Å². The van der Waals surface area contributed by atoms with Crippen molar-refractivity contribution >= 4 is 28.1 Å². The summed E-state index contributed by atoms with van der Waals surface area (Å²) in [4.78, 5) is 27.4. The van der Waals surface area contributed by atoms with Gasteiger partial charge < -0.3 is 10.2 Å². The number of carboxylic acid groups (broad SMARTS) is 2. The van der Waals surface area contributed by atoms with E-state index in [1.54, 1.807) is 0 Å². The molecule has 3 atom stereocenters. The highest BCUT2D eigenvalue weighted by atomic mass is 79.9. The largest absolute Gasteiger partial charge is 0.465 e. The van der Waals surface area contributed by atoms with Gasteiger partial charge in [-0.1, -0.05) is 69.6 Å². The van der Waals surface area contributed by atoms with Crippen molar-refractivity contribution in [1.82, 2.24) is 9.80 Å². The lowest BCUT2D eigenvalue weighted by molar-refractivity contribution is -0.0723. The fourth-order valence-electron chi connectivity index (χ4n) is 3.96. The van der Waals surface area contributed by atoms with Gasteiger partial charge in [-0.15, -0.1) is 0 Å². The zero-order valence-electron chi connectivity index (χ0n) is 16.7. The number of hydrogen-bond acceptors (Lipinski definition) is 2. The fourth-order valence-corrected chi connectivity index (χ4v) is 4.22. The van der Waals surface area contributed by atoms with Crippen LogP contribution in [0.3, 0.4) is 0 Å². The van der Waals surface area contributed by atoms with Crippen LogP contribution in [0.1, 0.15) is 53.1 Å². The number of nitrogens with zero attached hydrogens (tertiary/aromatic N) is 2. The van der Waals surface area contributed by atoms with Crippen molar-refractivity contribution in [3.8, 4) is 0 Å². The van der Waals surface area contributed by atoms with Gasteiger partial charge in [0, 0.05) is 11.0 Å². The molecule has 1 heterocycles. The van der Waals surface area contributed by atoms with Crippen LogP contribution in [-0.4, -0.2) is 50.8 Å². The molecule has 0 aromatic heterocycles. The molecule has 1 fully saturated rings. The Morgan fingerprint density at radius 1 is 0.963 bits per heavy atom. The maximum Gasteiger partial charge on any atom is 0.407 e. The Balaban J connectivity index is 2.71. The minimum absolute atomic E-state index is 0.137. The molecule has 2 amide bonds. The summed E-state index contributed by atoms with van der Waals surface area (Å²) in [6.45, 7) is 11.9. The first kappa shape index (κ1) is 21.5. The number of benzene rings is 1.